The molecule has 0 bridgehead atoms. The van der Waals surface area contributed by atoms with Gasteiger partial charge >= 0.3 is 0 Å². The highest BCUT2D eigenvalue weighted by atomic mass is 35.5. The first-order valence-electron chi connectivity index (χ1n) is 9.24. The smallest absolute Gasteiger partial charge is 0.244 e. The molecule has 2 aromatic carbocycles. The Bertz CT molecular complexity index is 1090. The molecule has 0 atom stereocenters. The fourth-order valence-electron chi connectivity index (χ4n) is 3.66. The molecule has 0 unspecified atom stereocenters. The topological polar surface area (TPSA) is 86.8 Å². The predicted octanol–water partition coefficient (Wildman–Crippen LogP) is 2.55. The van der Waals surface area contributed by atoms with Gasteiger partial charge in [0.1, 0.15) is 4.90 Å². The normalized spacial score (nSPS) is 17.2. The number of anilines is 2. The van der Waals surface area contributed by atoms with Crippen molar-refractivity contribution in [1.82, 2.24) is 4.31 Å². The Morgan fingerprint density at radius 3 is 2.34 bits per heavy atom. The van der Waals surface area contributed by atoms with Gasteiger partial charge in [0.25, 0.3) is 0 Å². The molecule has 2 aromatic rings. The Labute approximate surface area is 174 Å². The number of nitrogens with one attached hydrogen (secondary N) is 1. The van der Waals surface area contributed by atoms with Crippen LogP contribution in [0.4, 0.5) is 11.4 Å². The number of ketones is 1. The van der Waals surface area contributed by atoms with Crippen LogP contribution in [-0.4, -0.2) is 50.6 Å². The number of carbonyl (C=O) groups is 2. The van der Waals surface area contributed by atoms with Gasteiger partial charge in [-0.1, -0.05) is 11.6 Å². The van der Waals surface area contributed by atoms with Crippen LogP contribution in [0.2, 0.25) is 5.02 Å². The van der Waals surface area contributed by atoms with Crippen LogP contribution in [0.5, 0.6) is 0 Å². The van der Waals surface area contributed by atoms with E-state index in [0.717, 1.165) is 5.69 Å². The second-order valence-electron chi connectivity index (χ2n) is 7.16. The molecule has 1 fully saturated rings. The Kier molecular flexibility index (Phi) is 5.10. The van der Waals surface area contributed by atoms with Crippen molar-refractivity contribution in [3.8, 4) is 0 Å². The van der Waals surface area contributed by atoms with Gasteiger partial charge in [0.05, 0.1) is 11.4 Å². The SMILES string of the molecule is CC(=O)c1ccc(N2CCN(S(=O)(=O)c3cc4c(cc3Cl)NC(=O)C4)CC2)cc1. The Morgan fingerprint density at radius 2 is 1.72 bits per heavy atom. The number of amides is 1. The second kappa shape index (κ2) is 7.44. The number of Topliss-reactive ketones (excluding diaryl/α,β-unsaturated/α-hetero) is 1. The van der Waals surface area contributed by atoms with Crippen molar-refractivity contribution in [2.45, 2.75) is 18.2 Å². The number of sulfonamides is 1. The summed E-state index contributed by atoms with van der Waals surface area (Å²) < 4.78 is 27.7. The predicted molar refractivity (Wildman–Crippen MR) is 111 cm³/mol. The molecule has 2 heterocycles. The molecule has 152 valence electrons. The van der Waals surface area contributed by atoms with Crippen LogP contribution >= 0.6 is 11.6 Å². The van der Waals surface area contributed by atoms with E-state index in [1.807, 2.05) is 12.1 Å². The fraction of sp³-hybridized carbons (Fsp3) is 0.300. The largest absolute Gasteiger partial charge is 0.369 e. The average Bonchev–Trinajstić information content (AvgIpc) is 3.06. The van der Waals surface area contributed by atoms with Gasteiger partial charge in [-0.3, -0.25) is 9.59 Å². The molecule has 0 aromatic heterocycles. The molecule has 9 heteroatoms. The van der Waals surface area contributed by atoms with Crippen LogP contribution in [0.3, 0.4) is 0 Å². The lowest BCUT2D eigenvalue weighted by Crippen LogP contribution is -2.48. The third kappa shape index (κ3) is 3.75. The standard InChI is InChI=1S/C20H20ClN3O4S/c1-13(25)14-2-4-16(5-3-14)23-6-8-24(9-7-23)29(27,28)19-10-15-11-20(26)22-18(15)12-17(19)21/h2-5,10,12H,6-9,11H2,1H3,(H,22,26). The molecule has 29 heavy (non-hydrogen) atoms. The molecular weight excluding hydrogens is 414 g/mol. The lowest BCUT2D eigenvalue weighted by Gasteiger charge is -2.35. The van der Waals surface area contributed by atoms with E-state index in [9.17, 15) is 18.0 Å². The zero-order valence-electron chi connectivity index (χ0n) is 15.8. The van der Waals surface area contributed by atoms with Crippen molar-refractivity contribution in [1.29, 1.82) is 0 Å². The quantitative estimate of drug-likeness (QED) is 0.749. The number of hydrogen-bond donors (Lipinski definition) is 1. The summed E-state index contributed by atoms with van der Waals surface area (Å²) >= 11 is 6.23. The Hall–Kier alpha value is -2.42. The van der Waals surface area contributed by atoms with Gasteiger partial charge in [-0.05, 0) is 48.9 Å². The maximum absolute atomic E-state index is 13.1. The van der Waals surface area contributed by atoms with Crippen molar-refractivity contribution in [2.75, 3.05) is 36.4 Å². The first-order chi connectivity index (χ1) is 13.8. The van der Waals surface area contributed by atoms with Crippen molar-refractivity contribution in [3.63, 3.8) is 0 Å². The van der Waals surface area contributed by atoms with E-state index in [2.05, 4.69) is 10.2 Å². The zero-order chi connectivity index (χ0) is 20.8. The summed E-state index contributed by atoms with van der Waals surface area (Å²) in [6, 6.07) is 10.3. The number of carbonyl (C=O) groups excluding carboxylic acids is 2. The number of benzene rings is 2. The van der Waals surface area contributed by atoms with Crippen molar-refractivity contribution < 1.29 is 18.0 Å². The molecule has 1 N–H and O–H groups in total. The van der Waals surface area contributed by atoms with Crippen LogP contribution in [0.15, 0.2) is 41.3 Å². The van der Waals surface area contributed by atoms with E-state index < -0.39 is 10.0 Å². The van der Waals surface area contributed by atoms with Crippen molar-refractivity contribution in [3.05, 3.63) is 52.5 Å². The summed E-state index contributed by atoms with van der Waals surface area (Å²) in [7, 11) is -3.76. The van der Waals surface area contributed by atoms with Gasteiger partial charge in [-0.25, -0.2) is 8.42 Å². The number of rotatable bonds is 4. The first-order valence-corrected chi connectivity index (χ1v) is 11.1. The molecule has 1 saturated heterocycles. The average molecular weight is 434 g/mol. The van der Waals surface area contributed by atoms with E-state index in [1.165, 1.54) is 23.4 Å². The first kappa shape index (κ1) is 19.9. The monoisotopic (exact) mass is 433 g/mol. The van der Waals surface area contributed by atoms with Gasteiger partial charge in [0, 0.05) is 43.1 Å². The highest BCUT2D eigenvalue weighted by molar-refractivity contribution is 7.89. The van der Waals surface area contributed by atoms with Gasteiger partial charge in [-0.2, -0.15) is 4.31 Å². The lowest BCUT2D eigenvalue weighted by atomic mass is 10.1. The maximum Gasteiger partial charge on any atom is 0.244 e. The summed E-state index contributed by atoms with van der Waals surface area (Å²) in [5.74, 6) is -0.161. The molecule has 2 aliphatic rings. The highest BCUT2D eigenvalue weighted by Crippen LogP contribution is 2.34. The number of fused-ring (bicyclic) bond motifs is 1. The maximum atomic E-state index is 13.1. The Balaban J connectivity index is 1.50. The molecule has 0 aliphatic carbocycles. The summed E-state index contributed by atoms with van der Waals surface area (Å²) in [5, 5.41) is 2.78. The molecule has 1 amide bonds. The number of hydrogen-bond acceptors (Lipinski definition) is 5. The zero-order valence-corrected chi connectivity index (χ0v) is 17.4. The van der Waals surface area contributed by atoms with E-state index in [4.69, 9.17) is 11.6 Å². The van der Waals surface area contributed by atoms with Crippen LogP contribution in [0.1, 0.15) is 22.8 Å². The van der Waals surface area contributed by atoms with Crippen molar-refractivity contribution >= 4 is 44.7 Å². The van der Waals surface area contributed by atoms with E-state index >= 15 is 0 Å². The number of piperazine rings is 1. The van der Waals surface area contributed by atoms with Crippen LogP contribution in [0, 0.1) is 0 Å². The lowest BCUT2D eigenvalue weighted by molar-refractivity contribution is -0.115. The molecule has 0 saturated carbocycles. The molecule has 4 rings (SSSR count). The molecule has 7 nitrogen and oxygen atoms in total. The third-order valence-electron chi connectivity index (χ3n) is 5.28. The summed E-state index contributed by atoms with van der Waals surface area (Å²) in [5.41, 5.74) is 2.81. The van der Waals surface area contributed by atoms with E-state index in [-0.39, 0.29) is 28.0 Å². The van der Waals surface area contributed by atoms with Crippen molar-refractivity contribution in [2.24, 2.45) is 0 Å². The minimum Gasteiger partial charge on any atom is -0.369 e. The summed E-state index contributed by atoms with van der Waals surface area (Å²) in [4.78, 5) is 25.1. The number of nitrogens with zero attached hydrogens (tertiary/aromatic N) is 2. The number of halogens is 1. The molecular formula is C20H20ClN3O4S. The Morgan fingerprint density at radius 1 is 1.07 bits per heavy atom. The molecule has 2 aliphatic heterocycles. The van der Waals surface area contributed by atoms with Gasteiger partial charge < -0.3 is 10.2 Å². The third-order valence-corrected chi connectivity index (χ3v) is 7.64. The minimum absolute atomic E-state index is 0.00980. The summed E-state index contributed by atoms with van der Waals surface area (Å²) in [6.45, 7) is 3.22. The van der Waals surface area contributed by atoms with Crippen LogP contribution in [0.25, 0.3) is 0 Å². The molecule has 0 spiro atoms. The van der Waals surface area contributed by atoms with E-state index in [1.54, 1.807) is 12.1 Å². The van der Waals surface area contributed by atoms with Crippen LogP contribution in [-0.2, 0) is 21.2 Å². The van der Waals surface area contributed by atoms with Crippen LogP contribution < -0.4 is 10.2 Å². The second-order valence-corrected chi connectivity index (χ2v) is 9.47. The highest BCUT2D eigenvalue weighted by Gasteiger charge is 2.32. The fourth-order valence-corrected chi connectivity index (χ4v) is 5.63. The summed E-state index contributed by atoms with van der Waals surface area (Å²) in [6.07, 6.45) is 0.152. The van der Waals surface area contributed by atoms with Gasteiger partial charge in [0.2, 0.25) is 15.9 Å². The minimum atomic E-state index is -3.76. The van der Waals surface area contributed by atoms with Gasteiger partial charge in [0.15, 0.2) is 5.78 Å². The van der Waals surface area contributed by atoms with Gasteiger partial charge in [-0.15, -0.1) is 0 Å². The van der Waals surface area contributed by atoms with E-state index in [0.29, 0.717) is 43.0 Å². The molecule has 0 radical (unpaired) electrons.